The maximum atomic E-state index is 4.06. The van der Waals surface area contributed by atoms with Crippen LogP contribution in [0.5, 0.6) is 0 Å². The van der Waals surface area contributed by atoms with E-state index in [9.17, 15) is 0 Å². The standard InChI is InChI=1S/C11H17N5/c1-9(12-2)10-4-5-16(6-10)8-11-7-15(3)14-13-11/h4-7,9,12H,8H2,1-3H3. The highest BCUT2D eigenvalue weighted by Gasteiger charge is 2.05. The molecule has 1 atom stereocenters. The first-order valence-electron chi connectivity index (χ1n) is 5.37. The van der Waals surface area contributed by atoms with Crippen molar-refractivity contribution in [2.75, 3.05) is 7.05 Å². The Morgan fingerprint density at radius 2 is 2.25 bits per heavy atom. The van der Waals surface area contributed by atoms with E-state index in [2.05, 4.69) is 45.6 Å². The first kappa shape index (κ1) is 10.9. The van der Waals surface area contributed by atoms with Crippen LogP contribution in [0.4, 0.5) is 0 Å². The van der Waals surface area contributed by atoms with Gasteiger partial charge in [-0.15, -0.1) is 5.10 Å². The zero-order valence-electron chi connectivity index (χ0n) is 9.88. The van der Waals surface area contributed by atoms with Crippen molar-refractivity contribution in [3.8, 4) is 0 Å². The average Bonchev–Trinajstić information content (AvgIpc) is 2.87. The molecule has 16 heavy (non-hydrogen) atoms. The summed E-state index contributed by atoms with van der Waals surface area (Å²) in [4.78, 5) is 0. The van der Waals surface area contributed by atoms with Crippen LogP contribution in [0, 0.1) is 0 Å². The van der Waals surface area contributed by atoms with E-state index in [0.717, 1.165) is 12.2 Å². The Morgan fingerprint density at radius 3 is 2.88 bits per heavy atom. The summed E-state index contributed by atoms with van der Waals surface area (Å²) >= 11 is 0. The highest BCUT2D eigenvalue weighted by Crippen LogP contribution is 2.12. The van der Waals surface area contributed by atoms with Crippen molar-refractivity contribution < 1.29 is 0 Å². The number of hydrogen-bond acceptors (Lipinski definition) is 3. The van der Waals surface area contributed by atoms with E-state index in [1.165, 1.54) is 5.56 Å². The molecule has 0 radical (unpaired) electrons. The van der Waals surface area contributed by atoms with Crippen LogP contribution in [-0.2, 0) is 13.6 Å². The molecule has 0 saturated carbocycles. The number of aromatic nitrogens is 4. The predicted octanol–water partition coefficient (Wildman–Crippen LogP) is 0.945. The molecular weight excluding hydrogens is 202 g/mol. The summed E-state index contributed by atoms with van der Waals surface area (Å²) in [7, 11) is 3.84. The molecule has 5 heteroatoms. The minimum Gasteiger partial charge on any atom is -0.348 e. The third-order valence-electron chi connectivity index (χ3n) is 2.70. The molecule has 2 aromatic heterocycles. The maximum absolute atomic E-state index is 4.06. The van der Waals surface area contributed by atoms with Gasteiger partial charge in [0.15, 0.2) is 0 Å². The van der Waals surface area contributed by atoms with Gasteiger partial charge in [-0.3, -0.25) is 4.68 Å². The number of rotatable bonds is 4. The number of nitrogens with zero attached hydrogens (tertiary/aromatic N) is 4. The Morgan fingerprint density at radius 1 is 1.44 bits per heavy atom. The molecule has 0 bridgehead atoms. The first-order chi connectivity index (χ1) is 7.69. The van der Waals surface area contributed by atoms with E-state index in [1.54, 1.807) is 4.68 Å². The van der Waals surface area contributed by atoms with Crippen molar-refractivity contribution in [1.82, 2.24) is 24.9 Å². The molecule has 0 fully saturated rings. The van der Waals surface area contributed by atoms with Crippen molar-refractivity contribution in [1.29, 1.82) is 0 Å². The summed E-state index contributed by atoms with van der Waals surface area (Å²) < 4.78 is 3.84. The highest BCUT2D eigenvalue weighted by molar-refractivity contribution is 5.15. The van der Waals surface area contributed by atoms with Gasteiger partial charge >= 0.3 is 0 Å². The Balaban J connectivity index is 2.08. The van der Waals surface area contributed by atoms with Gasteiger partial charge in [0.1, 0.15) is 5.69 Å². The van der Waals surface area contributed by atoms with Gasteiger partial charge in [-0.2, -0.15) is 0 Å². The van der Waals surface area contributed by atoms with Gasteiger partial charge in [-0.05, 0) is 25.6 Å². The third kappa shape index (κ3) is 2.30. The van der Waals surface area contributed by atoms with Gasteiger partial charge in [0, 0.05) is 31.7 Å². The largest absolute Gasteiger partial charge is 0.348 e. The van der Waals surface area contributed by atoms with Crippen LogP contribution in [0.3, 0.4) is 0 Å². The monoisotopic (exact) mass is 219 g/mol. The van der Waals surface area contributed by atoms with Gasteiger partial charge < -0.3 is 9.88 Å². The second kappa shape index (κ2) is 4.49. The lowest BCUT2D eigenvalue weighted by Crippen LogP contribution is -2.11. The fourth-order valence-corrected chi connectivity index (χ4v) is 1.64. The quantitative estimate of drug-likeness (QED) is 0.832. The van der Waals surface area contributed by atoms with Crippen molar-refractivity contribution in [2.24, 2.45) is 7.05 Å². The fraction of sp³-hybridized carbons (Fsp3) is 0.455. The summed E-state index contributed by atoms with van der Waals surface area (Å²) in [6, 6.07) is 2.50. The van der Waals surface area contributed by atoms with E-state index in [1.807, 2.05) is 20.3 Å². The van der Waals surface area contributed by atoms with Gasteiger partial charge in [0.05, 0.1) is 6.54 Å². The van der Waals surface area contributed by atoms with E-state index in [-0.39, 0.29) is 0 Å². The van der Waals surface area contributed by atoms with Gasteiger partial charge in [-0.25, -0.2) is 0 Å². The second-order valence-electron chi connectivity index (χ2n) is 4.01. The Labute approximate surface area is 95.1 Å². The van der Waals surface area contributed by atoms with Crippen LogP contribution >= 0.6 is 0 Å². The second-order valence-corrected chi connectivity index (χ2v) is 4.01. The zero-order chi connectivity index (χ0) is 11.5. The number of nitrogens with one attached hydrogen (secondary N) is 1. The molecular formula is C11H17N5. The minimum absolute atomic E-state index is 0.378. The van der Waals surface area contributed by atoms with E-state index in [4.69, 9.17) is 0 Å². The van der Waals surface area contributed by atoms with Crippen molar-refractivity contribution >= 4 is 0 Å². The normalized spacial score (nSPS) is 12.9. The topological polar surface area (TPSA) is 47.7 Å². The molecule has 0 amide bonds. The highest BCUT2D eigenvalue weighted by atomic mass is 15.4. The smallest absolute Gasteiger partial charge is 0.102 e. The lowest BCUT2D eigenvalue weighted by molar-refractivity contribution is 0.648. The maximum Gasteiger partial charge on any atom is 0.102 e. The van der Waals surface area contributed by atoms with Crippen molar-refractivity contribution in [3.63, 3.8) is 0 Å². The summed E-state index contributed by atoms with van der Waals surface area (Å²) in [5, 5.41) is 11.2. The Bertz CT molecular complexity index is 456. The number of aryl methyl sites for hydroxylation is 1. The Kier molecular flexibility index (Phi) is 3.05. The third-order valence-corrected chi connectivity index (χ3v) is 2.70. The average molecular weight is 219 g/mol. The van der Waals surface area contributed by atoms with Crippen LogP contribution in [0.1, 0.15) is 24.2 Å². The lowest BCUT2D eigenvalue weighted by Gasteiger charge is -2.06. The fourth-order valence-electron chi connectivity index (χ4n) is 1.64. The van der Waals surface area contributed by atoms with Crippen LogP contribution in [0.25, 0.3) is 0 Å². The van der Waals surface area contributed by atoms with Gasteiger partial charge in [0.25, 0.3) is 0 Å². The lowest BCUT2D eigenvalue weighted by atomic mass is 10.2. The van der Waals surface area contributed by atoms with Crippen LogP contribution in [-0.4, -0.2) is 26.6 Å². The van der Waals surface area contributed by atoms with Gasteiger partial charge in [0.2, 0.25) is 0 Å². The molecule has 2 aromatic rings. The van der Waals surface area contributed by atoms with E-state index < -0.39 is 0 Å². The summed E-state index contributed by atoms with van der Waals surface area (Å²) in [5.41, 5.74) is 2.26. The molecule has 0 aliphatic heterocycles. The molecule has 1 N–H and O–H groups in total. The molecule has 2 rings (SSSR count). The summed E-state index contributed by atoms with van der Waals surface area (Å²) in [6.45, 7) is 2.91. The molecule has 0 aliphatic carbocycles. The molecule has 86 valence electrons. The summed E-state index contributed by atoms with van der Waals surface area (Å²) in [6.07, 6.45) is 6.13. The first-order valence-corrected chi connectivity index (χ1v) is 5.37. The van der Waals surface area contributed by atoms with Crippen LogP contribution in [0.2, 0.25) is 0 Å². The predicted molar refractivity (Wildman–Crippen MR) is 62.0 cm³/mol. The van der Waals surface area contributed by atoms with E-state index in [0.29, 0.717) is 6.04 Å². The molecule has 2 heterocycles. The van der Waals surface area contributed by atoms with Crippen molar-refractivity contribution in [2.45, 2.75) is 19.5 Å². The number of hydrogen-bond donors (Lipinski definition) is 1. The van der Waals surface area contributed by atoms with E-state index >= 15 is 0 Å². The van der Waals surface area contributed by atoms with Crippen LogP contribution in [0.15, 0.2) is 24.7 Å². The molecule has 0 saturated heterocycles. The van der Waals surface area contributed by atoms with Gasteiger partial charge in [-0.1, -0.05) is 5.21 Å². The molecule has 0 aliphatic rings. The minimum atomic E-state index is 0.378. The molecule has 0 aromatic carbocycles. The molecule has 0 spiro atoms. The SMILES string of the molecule is CNC(C)c1ccn(Cc2cn(C)nn2)c1. The Hall–Kier alpha value is -1.62. The van der Waals surface area contributed by atoms with Crippen molar-refractivity contribution in [3.05, 3.63) is 35.9 Å². The molecule has 1 unspecified atom stereocenters. The zero-order valence-corrected chi connectivity index (χ0v) is 9.88. The molecule has 5 nitrogen and oxygen atoms in total. The van der Waals surface area contributed by atoms with Crippen LogP contribution < -0.4 is 5.32 Å². The summed E-state index contributed by atoms with van der Waals surface area (Å²) in [5.74, 6) is 0.